The van der Waals surface area contributed by atoms with Crippen molar-refractivity contribution in [2.45, 2.75) is 32.4 Å². The predicted octanol–water partition coefficient (Wildman–Crippen LogP) is 2.07. The Morgan fingerprint density at radius 1 is 1.41 bits per heavy atom. The predicted molar refractivity (Wildman–Crippen MR) is 71.3 cm³/mol. The molecule has 94 valence electrons. The standard InChI is InChI=1S/C14H22N2O/c1-11-3-6-14(12(9-11)10-15)16(7-8-17-2)13-4-5-13/h3,6,9,13H,4-5,7-8,10,15H2,1-2H3. The van der Waals surface area contributed by atoms with Gasteiger partial charge in [-0.2, -0.15) is 0 Å². The lowest BCUT2D eigenvalue weighted by Gasteiger charge is -2.27. The van der Waals surface area contributed by atoms with E-state index in [4.69, 9.17) is 10.5 Å². The third-order valence-corrected chi connectivity index (χ3v) is 3.29. The molecule has 1 aromatic carbocycles. The Balaban J connectivity index is 2.21. The van der Waals surface area contributed by atoms with E-state index in [0.29, 0.717) is 12.6 Å². The van der Waals surface area contributed by atoms with Crippen LogP contribution in [0.1, 0.15) is 24.0 Å². The molecule has 0 unspecified atom stereocenters. The summed E-state index contributed by atoms with van der Waals surface area (Å²) < 4.78 is 5.20. The normalized spacial score (nSPS) is 15.0. The maximum Gasteiger partial charge on any atom is 0.0637 e. The number of anilines is 1. The first kappa shape index (κ1) is 12.4. The smallest absolute Gasteiger partial charge is 0.0637 e. The SMILES string of the molecule is COCCN(c1ccc(C)cc1CN)C1CC1. The third-order valence-electron chi connectivity index (χ3n) is 3.29. The van der Waals surface area contributed by atoms with Crippen LogP contribution in [0.3, 0.4) is 0 Å². The van der Waals surface area contributed by atoms with Gasteiger partial charge in [0, 0.05) is 31.9 Å². The van der Waals surface area contributed by atoms with Crippen molar-refractivity contribution in [3.05, 3.63) is 29.3 Å². The van der Waals surface area contributed by atoms with Gasteiger partial charge in [-0.1, -0.05) is 17.7 Å². The molecule has 3 heteroatoms. The van der Waals surface area contributed by atoms with Crippen LogP contribution in [0.15, 0.2) is 18.2 Å². The third kappa shape index (κ3) is 2.99. The molecule has 0 amide bonds. The zero-order chi connectivity index (χ0) is 12.3. The van der Waals surface area contributed by atoms with Gasteiger partial charge in [-0.3, -0.25) is 0 Å². The number of hydrogen-bond donors (Lipinski definition) is 1. The van der Waals surface area contributed by atoms with Crippen LogP contribution in [0, 0.1) is 6.92 Å². The highest BCUT2D eigenvalue weighted by molar-refractivity contribution is 5.56. The van der Waals surface area contributed by atoms with E-state index in [0.717, 1.165) is 13.2 Å². The van der Waals surface area contributed by atoms with Crippen molar-refractivity contribution in [2.24, 2.45) is 5.73 Å². The first-order valence-corrected chi connectivity index (χ1v) is 6.31. The van der Waals surface area contributed by atoms with Gasteiger partial charge in [0.25, 0.3) is 0 Å². The molecule has 1 saturated carbocycles. The van der Waals surface area contributed by atoms with Gasteiger partial charge in [-0.05, 0) is 31.4 Å². The number of hydrogen-bond acceptors (Lipinski definition) is 3. The van der Waals surface area contributed by atoms with Gasteiger partial charge in [0.15, 0.2) is 0 Å². The molecule has 1 fully saturated rings. The monoisotopic (exact) mass is 234 g/mol. The molecule has 0 spiro atoms. The van der Waals surface area contributed by atoms with Crippen molar-refractivity contribution >= 4 is 5.69 Å². The summed E-state index contributed by atoms with van der Waals surface area (Å²) in [6.45, 7) is 4.44. The number of aryl methyl sites for hydroxylation is 1. The molecule has 17 heavy (non-hydrogen) atoms. The molecule has 0 aromatic heterocycles. The van der Waals surface area contributed by atoms with E-state index in [1.807, 2.05) is 0 Å². The number of nitrogens with two attached hydrogens (primary N) is 1. The van der Waals surface area contributed by atoms with Crippen molar-refractivity contribution in [1.29, 1.82) is 0 Å². The highest BCUT2D eigenvalue weighted by Gasteiger charge is 2.29. The Kier molecular flexibility index (Phi) is 4.02. The van der Waals surface area contributed by atoms with Gasteiger partial charge >= 0.3 is 0 Å². The van der Waals surface area contributed by atoms with Gasteiger partial charge in [0.05, 0.1) is 6.61 Å². The number of nitrogens with zero attached hydrogens (tertiary/aromatic N) is 1. The molecule has 3 nitrogen and oxygen atoms in total. The summed E-state index contributed by atoms with van der Waals surface area (Å²) in [4.78, 5) is 2.45. The zero-order valence-electron chi connectivity index (χ0n) is 10.8. The van der Waals surface area contributed by atoms with Crippen LogP contribution in [0.4, 0.5) is 5.69 Å². The molecule has 1 aliphatic carbocycles. The van der Waals surface area contributed by atoms with Gasteiger partial charge in [0.2, 0.25) is 0 Å². The molecule has 1 aromatic rings. The average molecular weight is 234 g/mol. The summed E-state index contributed by atoms with van der Waals surface area (Å²) in [6.07, 6.45) is 2.59. The Bertz CT molecular complexity index is 374. The summed E-state index contributed by atoms with van der Waals surface area (Å²) in [5.41, 5.74) is 9.66. The van der Waals surface area contributed by atoms with E-state index in [9.17, 15) is 0 Å². The van der Waals surface area contributed by atoms with E-state index in [2.05, 4.69) is 30.0 Å². The van der Waals surface area contributed by atoms with Crippen LogP contribution in [-0.4, -0.2) is 26.3 Å². The molecule has 0 radical (unpaired) electrons. The Labute approximate surface area is 104 Å². The molecule has 0 bridgehead atoms. The van der Waals surface area contributed by atoms with E-state index >= 15 is 0 Å². The minimum Gasteiger partial charge on any atom is -0.383 e. The van der Waals surface area contributed by atoms with Crippen LogP contribution in [0.2, 0.25) is 0 Å². The maximum absolute atomic E-state index is 5.85. The lowest BCUT2D eigenvalue weighted by Crippen LogP contribution is -2.30. The number of methoxy groups -OCH3 is 1. The number of rotatable bonds is 6. The Morgan fingerprint density at radius 2 is 2.18 bits per heavy atom. The van der Waals surface area contributed by atoms with Crippen molar-refractivity contribution in [2.75, 3.05) is 25.2 Å². The van der Waals surface area contributed by atoms with Crippen LogP contribution in [0.5, 0.6) is 0 Å². The fourth-order valence-electron chi connectivity index (χ4n) is 2.23. The lowest BCUT2D eigenvalue weighted by atomic mass is 10.1. The minimum absolute atomic E-state index is 0.604. The molecule has 2 N–H and O–H groups in total. The summed E-state index contributed by atoms with van der Waals surface area (Å²) in [5.74, 6) is 0. The molecular weight excluding hydrogens is 212 g/mol. The summed E-state index contributed by atoms with van der Waals surface area (Å²) in [7, 11) is 1.75. The van der Waals surface area contributed by atoms with E-state index in [-0.39, 0.29) is 0 Å². The van der Waals surface area contributed by atoms with Crippen molar-refractivity contribution < 1.29 is 4.74 Å². The molecule has 0 atom stereocenters. The van der Waals surface area contributed by atoms with Crippen molar-refractivity contribution in [3.63, 3.8) is 0 Å². The van der Waals surface area contributed by atoms with Gasteiger partial charge in [0.1, 0.15) is 0 Å². The van der Waals surface area contributed by atoms with E-state index in [1.165, 1.54) is 29.7 Å². The second-order valence-corrected chi connectivity index (χ2v) is 4.75. The molecular formula is C14H22N2O. The maximum atomic E-state index is 5.85. The van der Waals surface area contributed by atoms with Crippen LogP contribution < -0.4 is 10.6 Å². The average Bonchev–Trinajstić information content (AvgIpc) is 3.15. The quantitative estimate of drug-likeness (QED) is 0.819. The zero-order valence-corrected chi connectivity index (χ0v) is 10.8. The summed E-state index contributed by atoms with van der Waals surface area (Å²) in [6, 6.07) is 7.25. The molecule has 2 rings (SSSR count). The van der Waals surface area contributed by atoms with Crippen LogP contribution in [-0.2, 0) is 11.3 Å². The van der Waals surface area contributed by atoms with Gasteiger partial charge in [-0.25, -0.2) is 0 Å². The Morgan fingerprint density at radius 3 is 2.76 bits per heavy atom. The van der Waals surface area contributed by atoms with E-state index < -0.39 is 0 Å². The molecule has 1 aliphatic rings. The van der Waals surface area contributed by atoms with Crippen molar-refractivity contribution in [1.82, 2.24) is 0 Å². The number of ether oxygens (including phenoxy) is 1. The van der Waals surface area contributed by atoms with Crippen LogP contribution >= 0.6 is 0 Å². The molecule has 0 heterocycles. The van der Waals surface area contributed by atoms with E-state index in [1.54, 1.807) is 7.11 Å². The first-order chi connectivity index (χ1) is 8.26. The fourth-order valence-corrected chi connectivity index (χ4v) is 2.23. The topological polar surface area (TPSA) is 38.5 Å². The fraction of sp³-hybridized carbons (Fsp3) is 0.571. The highest BCUT2D eigenvalue weighted by Crippen LogP contribution is 2.33. The first-order valence-electron chi connectivity index (χ1n) is 6.31. The largest absolute Gasteiger partial charge is 0.383 e. The molecule has 0 saturated heterocycles. The summed E-state index contributed by atoms with van der Waals surface area (Å²) >= 11 is 0. The van der Waals surface area contributed by atoms with Gasteiger partial charge in [-0.15, -0.1) is 0 Å². The lowest BCUT2D eigenvalue weighted by molar-refractivity contribution is 0.205. The number of benzene rings is 1. The second kappa shape index (κ2) is 5.52. The highest BCUT2D eigenvalue weighted by atomic mass is 16.5. The van der Waals surface area contributed by atoms with Crippen molar-refractivity contribution in [3.8, 4) is 0 Å². The Hall–Kier alpha value is -1.06. The second-order valence-electron chi connectivity index (χ2n) is 4.75. The summed E-state index contributed by atoms with van der Waals surface area (Å²) in [5, 5.41) is 0. The molecule has 0 aliphatic heterocycles. The minimum atomic E-state index is 0.604. The van der Waals surface area contributed by atoms with Gasteiger partial charge < -0.3 is 15.4 Å². The van der Waals surface area contributed by atoms with Crippen LogP contribution in [0.25, 0.3) is 0 Å².